The maximum Gasteiger partial charge on any atom is 0.343 e. The van der Waals surface area contributed by atoms with E-state index in [4.69, 9.17) is 18.7 Å². The molecule has 0 unspecified atom stereocenters. The van der Waals surface area contributed by atoms with Crippen molar-refractivity contribution in [2.75, 3.05) is 6.61 Å². The molecule has 0 aliphatic carbocycles. The van der Waals surface area contributed by atoms with Gasteiger partial charge in [0.25, 0.3) is 5.89 Å². The first-order valence-corrected chi connectivity index (χ1v) is 16.3. The van der Waals surface area contributed by atoms with Crippen molar-refractivity contribution in [2.45, 2.75) is 65.2 Å². The second kappa shape index (κ2) is 16.9. The van der Waals surface area contributed by atoms with E-state index in [-0.39, 0.29) is 0 Å². The van der Waals surface area contributed by atoms with Crippen molar-refractivity contribution in [3.63, 3.8) is 0 Å². The number of aryl methyl sites for hydroxylation is 1. The number of aromatic nitrogens is 2. The number of hydrogen-bond donors (Lipinski definition) is 0. The normalized spacial score (nSPS) is 10.9. The van der Waals surface area contributed by atoms with Gasteiger partial charge >= 0.3 is 11.9 Å². The molecule has 8 heteroatoms. The number of benzene rings is 4. The van der Waals surface area contributed by atoms with Gasteiger partial charge in [0.2, 0.25) is 5.82 Å². The Morgan fingerprint density at radius 3 is 1.72 bits per heavy atom. The van der Waals surface area contributed by atoms with Crippen LogP contribution in [0.2, 0.25) is 0 Å². The minimum Gasteiger partial charge on any atom is -0.494 e. The smallest absolute Gasteiger partial charge is 0.343 e. The van der Waals surface area contributed by atoms with Crippen molar-refractivity contribution >= 4 is 11.9 Å². The van der Waals surface area contributed by atoms with Crippen LogP contribution in [0.25, 0.3) is 22.8 Å². The van der Waals surface area contributed by atoms with Crippen molar-refractivity contribution < 1.29 is 28.3 Å². The summed E-state index contributed by atoms with van der Waals surface area (Å²) in [6.07, 6.45) is 9.08. The predicted molar refractivity (Wildman–Crippen MR) is 181 cm³/mol. The molecule has 0 aliphatic rings. The molecule has 47 heavy (non-hydrogen) atoms. The van der Waals surface area contributed by atoms with Crippen LogP contribution in [0, 0.1) is 0 Å². The number of rotatable bonds is 16. The average Bonchev–Trinajstić information content (AvgIpc) is 3.60. The number of carbonyl (C=O) groups excluding carboxylic acids is 2. The third-order valence-electron chi connectivity index (χ3n) is 7.68. The van der Waals surface area contributed by atoms with E-state index in [1.165, 1.54) is 31.2 Å². The molecule has 4 aromatic carbocycles. The summed E-state index contributed by atoms with van der Waals surface area (Å²) in [5.74, 6) is 1.37. The van der Waals surface area contributed by atoms with E-state index in [1.54, 1.807) is 84.9 Å². The maximum absolute atomic E-state index is 12.6. The van der Waals surface area contributed by atoms with Gasteiger partial charge in [-0.05, 0) is 110 Å². The van der Waals surface area contributed by atoms with Gasteiger partial charge in [0.15, 0.2) is 0 Å². The summed E-state index contributed by atoms with van der Waals surface area (Å²) in [6.45, 7) is 5.02. The summed E-state index contributed by atoms with van der Waals surface area (Å²) in [6, 6.07) is 28.3. The van der Waals surface area contributed by atoms with Crippen LogP contribution in [0.4, 0.5) is 0 Å². The highest BCUT2D eigenvalue weighted by Gasteiger charge is 2.14. The Bertz CT molecular complexity index is 1710. The largest absolute Gasteiger partial charge is 0.494 e. The van der Waals surface area contributed by atoms with Crippen molar-refractivity contribution in [3.8, 4) is 40.1 Å². The molecule has 5 rings (SSSR count). The second-order valence-corrected chi connectivity index (χ2v) is 11.3. The zero-order valence-electron chi connectivity index (χ0n) is 26.9. The Labute approximate surface area is 275 Å². The maximum atomic E-state index is 12.6. The zero-order valence-corrected chi connectivity index (χ0v) is 26.9. The first-order valence-electron chi connectivity index (χ1n) is 16.3. The van der Waals surface area contributed by atoms with Gasteiger partial charge < -0.3 is 18.7 Å². The van der Waals surface area contributed by atoms with Crippen LogP contribution < -0.4 is 14.2 Å². The Morgan fingerprint density at radius 1 is 0.596 bits per heavy atom. The fourth-order valence-corrected chi connectivity index (χ4v) is 4.92. The van der Waals surface area contributed by atoms with Crippen molar-refractivity contribution in [1.29, 1.82) is 0 Å². The van der Waals surface area contributed by atoms with Crippen LogP contribution in [0.1, 0.15) is 85.1 Å². The summed E-state index contributed by atoms with van der Waals surface area (Å²) >= 11 is 0. The van der Waals surface area contributed by atoms with E-state index in [0.29, 0.717) is 52.1 Å². The minimum absolute atomic E-state index is 0.316. The van der Waals surface area contributed by atoms with Crippen LogP contribution >= 0.6 is 0 Å². The fourth-order valence-electron chi connectivity index (χ4n) is 4.92. The first kappa shape index (κ1) is 33.1. The van der Waals surface area contributed by atoms with E-state index < -0.39 is 11.9 Å². The van der Waals surface area contributed by atoms with Crippen LogP contribution in [-0.2, 0) is 6.42 Å². The summed E-state index contributed by atoms with van der Waals surface area (Å²) < 4.78 is 22.3. The minimum atomic E-state index is -0.461. The molecule has 242 valence electrons. The molecule has 0 radical (unpaired) electrons. The molecule has 0 spiro atoms. The Kier molecular flexibility index (Phi) is 11.9. The van der Waals surface area contributed by atoms with Gasteiger partial charge in [-0.1, -0.05) is 63.2 Å². The van der Waals surface area contributed by atoms with E-state index in [1.807, 2.05) is 12.1 Å². The lowest BCUT2D eigenvalue weighted by molar-refractivity contribution is 0.0725. The molecule has 0 fully saturated rings. The van der Waals surface area contributed by atoms with Crippen LogP contribution in [0.5, 0.6) is 17.2 Å². The Hall–Kier alpha value is -5.24. The van der Waals surface area contributed by atoms with E-state index >= 15 is 0 Å². The standard InChI is InChI=1S/C39H40N2O6/c1-3-5-7-9-27-44-33-21-19-32(20-22-33)39(43)46-35-25-17-30(18-26-35)37-40-36(41-47-37)29-15-23-34(24-16-29)45-38(42)31-13-11-28(12-14-31)10-8-6-4-2/h11-26H,3-10,27H2,1-2H3. The highest BCUT2D eigenvalue weighted by Crippen LogP contribution is 2.26. The first-order chi connectivity index (χ1) is 23.0. The Morgan fingerprint density at radius 2 is 1.13 bits per heavy atom. The number of hydrogen-bond acceptors (Lipinski definition) is 8. The van der Waals surface area contributed by atoms with Gasteiger partial charge in [-0.3, -0.25) is 0 Å². The number of carbonyl (C=O) groups is 2. The quantitative estimate of drug-likeness (QED) is 0.0602. The van der Waals surface area contributed by atoms with Gasteiger partial charge in [-0.15, -0.1) is 0 Å². The van der Waals surface area contributed by atoms with Gasteiger partial charge in [-0.2, -0.15) is 4.98 Å². The fraction of sp³-hybridized carbons (Fsp3) is 0.282. The van der Waals surface area contributed by atoms with Crippen molar-refractivity contribution in [1.82, 2.24) is 10.1 Å². The number of nitrogens with zero attached hydrogens (tertiary/aromatic N) is 2. The molecule has 0 N–H and O–H groups in total. The highest BCUT2D eigenvalue weighted by atomic mass is 16.5. The van der Waals surface area contributed by atoms with Crippen molar-refractivity contribution in [2.24, 2.45) is 0 Å². The average molecular weight is 633 g/mol. The van der Waals surface area contributed by atoms with Gasteiger partial charge in [0, 0.05) is 11.1 Å². The molecule has 1 aromatic heterocycles. The molecule has 0 atom stereocenters. The third-order valence-corrected chi connectivity index (χ3v) is 7.68. The lowest BCUT2D eigenvalue weighted by Gasteiger charge is -2.08. The number of ether oxygens (including phenoxy) is 3. The second-order valence-electron chi connectivity index (χ2n) is 11.3. The van der Waals surface area contributed by atoms with Crippen LogP contribution in [0.15, 0.2) is 102 Å². The summed E-state index contributed by atoms with van der Waals surface area (Å²) in [5.41, 5.74) is 3.53. The molecular formula is C39H40N2O6. The molecule has 5 aromatic rings. The topological polar surface area (TPSA) is 101 Å². The van der Waals surface area contributed by atoms with Crippen LogP contribution in [-0.4, -0.2) is 28.7 Å². The molecule has 1 heterocycles. The molecule has 0 saturated carbocycles. The highest BCUT2D eigenvalue weighted by molar-refractivity contribution is 5.91. The third kappa shape index (κ3) is 9.63. The Balaban J connectivity index is 1.12. The summed E-state index contributed by atoms with van der Waals surface area (Å²) in [5, 5.41) is 4.10. The molecule has 0 aliphatic heterocycles. The predicted octanol–water partition coefficient (Wildman–Crippen LogP) is 9.53. The van der Waals surface area contributed by atoms with Crippen LogP contribution in [0.3, 0.4) is 0 Å². The van der Waals surface area contributed by atoms with E-state index in [9.17, 15) is 9.59 Å². The molecule has 0 bridgehead atoms. The summed E-state index contributed by atoms with van der Waals surface area (Å²) in [7, 11) is 0. The SMILES string of the molecule is CCCCCCOc1ccc(C(=O)Oc2ccc(-c3nc(-c4ccc(OC(=O)c5ccc(CCCCC)cc5)cc4)no3)cc2)cc1. The molecule has 0 saturated heterocycles. The van der Waals surface area contributed by atoms with Gasteiger partial charge in [-0.25, -0.2) is 9.59 Å². The van der Waals surface area contributed by atoms with E-state index in [0.717, 1.165) is 31.4 Å². The van der Waals surface area contributed by atoms with Gasteiger partial charge in [0.05, 0.1) is 17.7 Å². The zero-order chi connectivity index (χ0) is 32.8. The van der Waals surface area contributed by atoms with E-state index in [2.05, 4.69) is 24.0 Å². The molecular weight excluding hydrogens is 592 g/mol. The molecule has 8 nitrogen and oxygen atoms in total. The lowest BCUT2D eigenvalue weighted by Crippen LogP contribution is -2.08. The number of esters is 2. The number of unbranched alkanes of at least 4 members (excludes halogenated alkanes) is 5. The summed E-state index contributed by atoms with van der Waals surface area (Å²) in [4.78, 5) is 29.8. The monoisotopic (exact) mass is 632 g/mol. The lowest BCUT2D eigenvalue weighted by atomic mass is 10.1. The van der Waals surface area contributed by atoms with Gasteiger partial charge in [0.1, 0.15) is 17.2 Å². The van der Waals surface area contributed by atoms with Crippen molar-refractivity contribution in [3.05, 3.63) is 114 Å². The molecule has 0 amide bonds.